The van der Waals surface area contributed by atoms with Crippen LogP contribution in [0.3, 0.4) is 0 Å². The van der Waals surface area contributed by atoms with Gasteiger partial charge in [0.05, 0.1) is 6.04 Å². The smallest absolute Gasteiger partial charge is 0.222 e. The molecule has 3 nitrogen and oxygen atoms in total. The van der Waals surface area contributed by atoms with Crippen molar-refractivity contribution in [3.05, 3.63) is 58.3 Å². The molecular formula is C16H21ClN2OS. The Hall–Kier alpha value is -1.36. The van der Waals surface area contributed by atoms with Crippen molar-refractivity contribution in [3.8, 4) is 0 Å². The van der Waals surface area contributed by atoms with E-state index in [0.29, 0.717) is 6.42 Å². The van der Waals surface area contributed by atoms with Gasteiger partial charge in [0.15, 0.2) is 0 Å². The monoisotopic (exact) mass is 324 g/mol. The Kier molecular flexibility index (Phi) is 7.43. The highest BCUT2D eigenvalue weighted by molar-refractivity contribution is 7.10. The van der Waals surface area contributed by atoms with E-state index in [9.17, 15) is 4.79 Å². The number of thiophene rings is 1. The first-order valence-corrected chi connectivity index (χ1v) is 7.72. The maximum absolute atomic E-state index is 12.1. The number of nitrogens with two attached hydrogens (primary N) is 1. The summed E-state index contributed by atoms with van der Waals surface area (Å²) >= 11 is 1.67. The minimum Gasteiger partial charge on any atom is -0.348 e. The fraction of sp³-hybridized carbons (Fsp3) is 0.312. The average molecular weight is 325 g/mol. The number of hydrogen-bond donors (Lipinski definition) is 2. The third-order valence-corrected chi connectivity index (χ3v) is 4.25. The number of rotatable bonds is 6. The summed E-state index contributed by atoms with van der Waals surface area (Å²) in [6.45, 7) is 2.07. The number of carbonyl (C=O) groups is 1. The number of benzene rings is 1. The molecule has 5 heteroatoms. The van der Waals surface area contributed by atoms with Crippen LogP contribution in [0.5, 0.6) is 0 Å². The number of carbonyl (C=O) groups excluding carboxylic acids is 1. The minimum atomic E-state index is -0.253. The quantitative estimate of drug-likeness (QED) is 0.848. The van der Waals surface area contributed by atoms with Gasteiger partial charge in [0.1, 0.15) is 0 Å². The molecule has 2 aromatic rings. The van der Waals surface area contributed by atoms with Gasteiger partial charge in [-0.1, -0.05) is 43.3 Å². The Morgan fingerprint density at radius 2 is 1.95 bits per heavy atom. The molecular weight excluding hydrogens is 304 g/mol. The number of hydrogen-bond acceptors (Lipinski definition) is 3. The molecule has 1 amide bonds. The fourth-order valence-corrected chi connectivity index (χ4v) is 3.00. The minimum absolute atomic E-state index is 0. The van der Waals surface area contributed by atoms with E-state index in [2.05, 4.69) is 18.3 Å². The molecule has 0 saturated carbocycles. The van der Waals surface area contributed by atoms with E-state index in [-0.39, 0.29) is 30.4 Å². The molecule has 0 aliphatic rings. The molecule has 2 unspecified atom stereocenters. The lowest BCUT2D eigenvalue weighted by atomic mass is 10.0. The maximum Gasteiger partial charge on any atom is 0.222 e. The summed E-state index contributed by atoms with van der Waals surface area (Å²) in [5, 5.41) is 5.09. The molecule has 0 aliphatic carbocycles. The van der Waals surface area contributed by atoms with E-state index in [4.69, 9.17) is 5.73 Å². The summed E-state index contributed by atoms with van der Waals surface area (Å²) in [5.41, 5.74) is 7.07. The molecule has 0 saturated heterocycles. The van der Waals surface area contributed by atoms with Crippen molar-refractivity contribution < 1.29 is 4.79 Å². The standard InChI is InChI=1S/C16H20N2OS.ClH/c1-2-14(15-9-6-10-20-15)18-16(19)11-13(17)12-7-4-3-5-8-12;/h3-10,13-14H,2,11,17H2,1H3,(H,18,19);1H. The Balaban J connectivity index is 0.00000220. The lowest BCUT2D eigenvalue weighted by molar-refractivity contribution is -0.122. The molecule has 1 aromatic heterocycles. The lowest BCUT2D eigenvalue weighted by Crippen LogP contribution is -2.30. The van der Waals surface area contributed by atoms with Crippen LogP contribution < -0.4 is 11.1 Å². The van der Waals surface area contributed by atoms with Gasteiger partial charge >= 0.3 is 0 Å². The Morgan fingerprint density at radius 1 is 1.24 bits per heavy atom. The SMILES string of the molecule is CCC(NC(=O)CC(N)c1ccccc1)c1cccs1.Cl. The Morgan fingerprint density at radius 3 is 2.52 bits per heavy atom. The molecule has 0 fully saturated rings. The molecule has 21 heavy (non-hydrogen) atoms. The van der Waals surface area contributed by atoms with Crippen LogP contribution >= 0.6 is 23.7 Å². The van der Waals surface area contributed by atoms with Gasteiger partial charge in [-0.15, -0.1) is 23.7 Å². The summed E-state index contributed by atoms with van der Waals surface area (Å²) in [6, 6.07) is 13.6. The summed E-state index contributed by atoms with van der Waals surface area (Å²) in [7, 11) is 0. The molecule has 0 radical (unpaired) electrons. The van der Waals surface area contributed by atoms with Crippen LogP contribution in [0.1, 0.15) is 42.3 Å². The first-order valence-electron chi connectivity index (χ1n) is 6.84. The Bertz CT molecular complexity index is 530. The topological polar surface area (TPSA) is 55.1 Å². The highest BCUT2D eigenvalue weighted by atomic mass is 35.5. The second kappa shape index (κ2) is 8.82. The highest BCUT2D eigenvalue weighted by Crippen LogP contribution is 2.22. The zero-order valence-electron chi connectivity index (χ0n) is 12.0. The molecule has 2 atom stereocenters. The normalized spacial score (nSPS) is 13.0. The van der Waals surface area contributed by atoms with Crippen LogP contribution in [0.25, 0.3) is 0 Å². The van der Waals surface area contributed by atoms with Gasteiger partial charge in [-0.2, -0.15) is 0 Å². The van der Waals surface area contributed by atoms with E-state index in [0.717, 1.165) is 12.0 Å². The van der Waals surface area contributed by atoms with E-state index in [1.54, 1.807) is 11.3 Å². The summed E-state index contributed by atoms with van der Waals surface area (Å²) in [6.07, 6.45) is 1.19. The van der Waals surface area contributed by atoms with E-state index < -0.39 is 0 Å². The molecule has 0 spiro atoms. The largest absolute Gasteiger partial charge is 0.348 e. The molecule has 1 aromatic carbocycles. The van der Waals surface area contributed by atoms with E-state index in [1.807, 2.05) is 41.8 Å². The fourth-order valence-electron chi connectivity index (χ4n) is 2.13. The number of halogens is 1. The average Bonchev–Trinajstić information content (AvgIpc) is 2.99. The van der Waals surface area contributed by atoms with Crippen molar-refractivity contribution in [2.75, 3.05) is 0 Å². The van der Waals surface area contributed by atoms with Crippen LogP contribution in [-0.2, 0) is 4.79 Å². The molecule has 114 valence electrons. The first-order chi connectivity index (χ1) is 9.70. The molecule has 1 heterocycles. The van der Waals surface area contributed by atoms with Crippen molar-refractivity contribution >= 4 is 29.7 Å². The van der Waals surface area contributed by atoms with Crippen molar-refractivity contribution in [2.24, 2.45) is 5.73 Å². The summed E-state index contributed by atoms with van der Waals surface area (Å²) < 4.78 is 0. The van der Waals surface area contributed by atoms with Gasteiger partial charge in [-0.05, 0) is 23.4 Å². The van der Waals surface area contributed by atoms with Gasteiger partial charge in [0, 0.05) is 17.3 Å². The first kappa shape index (κ1) is 17.7. The van der Waals surface area contributed by atoms with E-state index in [1.165, 1.54) is 4.88 Å². The van der Waals surface area contributed by atoms with Crippen molar-refractivity contribution in [2.45, 2.75) is 31.8 Å². The van der Waals surface area contributed by atoms with Gasteiger partial charge < -0.3 is 11.1 Å². The van der Waals surface area contributed by atoms with Crippen LogP contribution in [0, 0.1) is 0 Å². The maximum atomic E-state index is 12.1. The van der Waals surface area contributed by atoms with E-state index >= 15 is 0 Å². The Labute approximate surface area is 136 Å². The molecule has 2 rings (SSSR count). The highest BCUT2D eigenvalue weighted by Gasteiger charge is 2.16. The van der Waals surface area contributed by atoms with Gasteiger partial charge in [0.2, 0.25) is 5.91 Å². The lowest BCUT2D eigenvalue weighted by Gasteiger charge is -2.17. The van der Waals surface area contributed by atoms with Gasteiger partial charge in [-0.3, -0.25) is 4.79 Å². The van der Waals surface area contributed by atoms with Crippen LogP contribution in [0.15, 0.2) is 47.8 Å². The molecule has 0 aliphatic heterocycles. The summed E-state index contributed by atoms with van der Waals surface area (Å²) in [5.74, 6) is 0.00148. The third-order valence-electron chi connectivity index (χ3n) is 3.26. The second-order valence-corrected chi connectivity index (χ2v) is 5.74. The predicted molar refractivity (Wildman–Crippen MR) is 90.7 cm³/mol. The zero-order valence-corrected chi connectivity index (χ0v) is 13.6. The van der Waals surface area contributed by atoms with Crippen LogP contribution in [-0.4, -0.2) is 5.91 Å². The molecule has 0 bridgehead atoms. The number of amides is 1. The van der Waals surface area contributed by atoms with Gasteiger partial charge in [0.25, 0.3) is 0 Å². The number of nitrogens with one attached hydrogen (secondary N) is 1. The van der Waals surface area contributed by atoms with Crippen molar-refractivity contribution in [1.82, 2.24) is 5.32 Å². The zero-order chi connectivity index (χ0) is 14.4. The van der Waals surface area contributed by atoms with Gasteiger partial charge in [-0.25, -0.2) is 0 Å². The second-order valence-electron chi connectivity index (χ2n) is 4.77. The van der Waals surface area contributed by atoms with Crippen molar-refractivity contribution in [3.63, 3.8) is 0 Å². The van der Waals surface area contributed by atoms with Crippen LogP contribution in [0.4, 0.5) is 0 Å². The summed E-state index contributed by atoms with van der Waals surface area (Å²) in [4.78, 5) is 13.3. The predicted octanol–water partition coefficient (Wildman–Crippen LogP) is 3.83. The third kappa shape index (κ3) is 5.16. The molecule has 3 N–H and O–H groups in total. The van der Waals surface area contributed by atoms with Crippen molar-refractivity contribution in [1.29, 1.82) is 0 Å². The van der Waals surface area contributed by atoms with Crippen LogP contribution in [0.2, 0.25) is 0 Å².